The molecule has 0 atom stereocenters. The Morgan fingerprint density at radius 1 is 1.33 bits per heavy atom. The van der Waals surface area contributed by atoms with E-state index >= 15 is 0 Å². The Hall–Kier alpha value is -1.77. The molecule has 78 valence electrons. The lowest BCUT2D eigenvalue weighted by Gasteiger charge is -2.28. The van der Waals surface area contributed by atoms with Crippen molar-refractivity contribution < 1.29 is 4.79 Å². The highest BCUT2D eigenvalue weighted by Crippen LogP contribution is 2.11. The summed E-state index contributed by atoms with van der Waals surface area (Å²) in [7, 11) is 0. The molecule has 0 aliphatic carbocycles. The Morgan fingerprint density at radius 2 is 2.07 bits per heavy atom. The van der Waals surface area contributed by atoms with Gasteiger partial charge < -0.3 is 10.2 Å². The van der Waals surface area contributed by atoms with E-state index in [9.17, 15) is 4.79 Å². The minimum atomic E-state index is -0.00295. The van der Waals surface area contributed by atoms with Crippen LogP contribution in [0.3, 0.4) is 0 Å². The van der Waals surface area contributed by atoms with Crippen molar-refractivity contribution >= 4 is 5.91 Å². The molecule has 0 spiro atoms. The highest BCUT2D eigenvalue weighted by atomic mass is 16.1. The molecule has 0 unspecified atom stereocenters. The van der Waals surface area contributed by atoms with Gasteiger partial charge in [-0.05, 0) is 12.5 Å². The maximum atomic E-state index is 11.1. The highest BCUT2D eigenvalue weighted by Gasteiger charge is 2.13. The largest absolute Gasteiger partial charge is 0.353 e. The van der Waals surface area contributed by atoms with Crippen molar-refractivity contribution in [3.63, 3.8) is 0 Å². The lowest BCUT2D eigenvalue weighted by atomic mass is 10.2. The number of carbonyl (C=O) groups excluding carboxylic acids is 1. The topological polar surface area (TPSA) is 32.3 Å². The van der Waals surface area contributed by atoms with E-state index in [1.807, 2.05) is 25.1 Å². The number of carbonyl (C=O) groups is 1. The first-order chi connectivity index (χ1) is 7.25. The normalized spacial score (nSPS) is 15.9. The third-order valence-electron chi connectivity index (χ3n) is 2.50. The van der Waals surface area contributed by atoms with Crippen molar-refractivity contribution in [2.24, 2.45) is 0 Å². The molecule has 3 nitrogen and oxygen atoms in total. The molecule has 1 amide bonds. The average Bonchev–Trinajstić information content (AvgIpc) is 2.24. The van der Waals surface area contributed by atoms with E-state index in [1.54, 1.807) is 6.08 Å². The molecule has 0 aromatic heterocycles. The van der Waals surface area contributed by atoms with Gasteiger partial charge in [0.15, 0.2) is 0 Å². The molecular formula is C12H14N2O. The van der Waals surface area contributed by atoms with Gasteiger partial charge in [-0.15, -0.1) is 0 Å². The summed E-state index contributed by atoms with van der Waals surface area (Å²) in [5.74, 6) is -0.00295. The number of hydrogen-bond acceptors (Lipinski definition) is 2. The van der Waals surface area contributed by atoms with Gasteiger partial charge in [0.1, 0.15) is 0 Å². The highest BCUT2D eigenvalue weighted by molar-refractivity contribution is 5.88. The van der Waals surface area contributed by atoms with Crippen LogP contribution in [0.1, 0.15) is 12.5 Å². The minimum absolute atomic E-state index is 0.00295. The Kier molecular flexibility index (Phi) is 2.72. The molecular weight excluding hydrogens is 188 g/mol. The van der Waals surface area contributed by atoms with Crippen LogP contribution in [0.5, 0.6) is 0 Å². The summed E-state index contributed by atoms with van der Waals surface area (Å²) in [6.07, 6.45) is 1.63. The third-order valence-corrected chi connectivity index (χ3v) is 2.50. The smallest absolute Gasteiger partial charge is 0.247 e. The summed E-state index contributed by atoms with van der Waals surface area (Å²) < 4.78 is 0. The second-order valence-electron chi connectivity index (χ2n) is 3.67. The molecule has 3 heteroatoms. The zero-order chi connectivity index (χ0) is 10.7. The molecule has 15 heavy (non-hydrogen) atoms. The fourth-order valence-electron chi connectivity index (χ4n) is 1.61. The van der Waals surface area contributed by atoms with Crippen molar-refractivity contribution in [3.8, 4) is 0 Å². The number of nitrogens with zero attached hydrogens (tertiary/aromatic N) is 1. The van der Waals surface area contributed by atoms with Crippen LogP contribution in [0.2, 0.25) is 0 Å². The molecule has 2 rings (SSSR count). The maximum Gasteiger partial charge on any atom is 0.247 e. The minimum Gasteiger partial charge on any atom is -0.353 e. The molecule has 0 fully saturated rings. The molecule has 0 radical (unpaired) electrons. The lowest BCUT2D eigenvalue weighted by Crippen LogP contribution is -2.40. The first kappa shape index (κ1) is 9.77. The van der Waals surface area contributed by atoms with Gasteiger partial charge in [0.05, 0.1) is 6.67 Å². The lowest BCUT2D eigenvalue weighted by molar-refractivity contribution is -0.117. The first-order valence-corrected chi connectivity index (χ1v) is 5.01. The summed E-state index contributed by atoms with van der Waals surface area (Å²) >= 11 is 0. The van der Waals surface area contributed by atoms with Gasteiger partial charge in [-0.2, -0.15) is 0 Å². The molecule has 0 saturated carbocycles. The van der Waals surface area contributed by atoms with Gasteiger partial charge in [-0.25, -0.2) is 0 Å². The molecule has 1 aliphatic heterocycles. The average molecular weight is 202 g/mol. The monoisotopic (exact) mass is 202 g/mol. The van der Waals surface area contributed by atoms with Crippen LogP contribution in [0.4, 0.5) is 0 Å². The number of amides is 1. The first-order valence-electron chi connectivity index (χ1n) is 5.01. The van der Waals surface area contributed by atoms with Gasteiger partial charge in [0, 0.05) is 18.3 Å². The van der Waals surface area contributed by atoms with Crippen LogP contribution in [0.15, 0.2) is 42.1 Å². The van der Waals surface area contributed by atoms with Crippen LogP contribution in [-0.4, -0.2) is 17.5 Å². The number of hydrogen-bond donors (Lipinski definition) is 1. The summed E-state index contributed by atoms with van der Waals surface area (Å²) in [6.45, 7) is 3.39. The van der Waals surface area contributed by atoms with Gasteiger partial charge in [-0.3, -0.25) is 4.79 Å². The third kappa shape index (κ3) is 2.37. The summed E-state index contributed by atoms with van der Waals surface area (Å²) in [6, 6.07) is 10.2. The quantitative estimate of drug-likeness (QED) is 0.787. The summed E-state index contributed by atoms with van der Waals surface area (Å²) in [5, 5.41) is 2.79. The Bertz CT molecular complexity index is 384. The number of rotatable bonds is 2. The van der Waals surface area contributed by atoms with Crippen molar-refractivity contribution in [1.29, 1.82) is 0 Å². The number of nitrogens with one attached hydrogen (secondary N) is 1. The van der Waals surface area contributed by atoms with Crippen LogP contribution in [-0.2, 0) is 11.3 Å². The van der Waals surface area contributed by atoms with E-state index in [-0.39, 0.29) is 5.91 Å². The Morgan fingerprint density at radius 3 is 2.73 bits per heavy atom. The standard InChI is InChI=1S/C12H14N2O/c1-10-7-12(15)13-9-14(10)8-11-5-3-2-4-6-11/h2-7H,8-9H2,1H3,(H,13,15). The fraction of sp³-hybridized carbons (Fsp3) is 0.250. The summed E-state index contributed by atoms with van der Waals surface area (Å²) in [4.78, 5) is 13.2. The van der Waals surface area contributed by atoms with Gasteiger partial charge in [0.25, 0.3) is 0 Å². The van der Waals surface area contributed by atoms with Gasteiger partial charge in [0.2, 0.25) is 5.91 Å². The van der Waals surface area contributed by atoms with Crippen molar-refractivity contribution in [3.05, 3.63) is 47.7 Å². The number of allylic oxidation sites excluding steroid dienone is 1. The molecule has 1 aromatic carbocycles. The molecule has 1 aliphatic rings. The van der Waals surface area contributed by atoms with Crippen LogP contribution in [0, 0.1) is 0 Å². The van der Waals surface area contributed by atoms with Gasteiger partial charge in [-0.1, -0.05) is 30.3 Å². The van der Waals surface area contributed by atoms with E-state index in [1.165, 1.54) is 5.56 Å². The zero-order valence-corrected chi connectivity index (χ0v) is 8.73. The van der Waals surface area contributed by atoms with Crippen molar-refractivity contribution in [2.75, 3.05) is 6.67 Å². The van der Waals surface area contributed by atoms with Crippen molar-refractivity contribution in [1.82, 2.24) is 10.2 Å². The Labute approximate surface area is 89.4 Å². The molecule has 1 N–H and O–H groups in total. The molecule has 0 bridgehead atoms. The maximum absolute atomic E-state index is 11.1. The predicted octanol–water partition coefficient (Wildman–Crippen LogP) is 1.48. The second kappa shape index (κ2) is 4.17. The van der Waals surface area contributed by atoms with E-state index in [2.05, 4.69) is 22.3 Å². The van der Waals surface area contributed by atoms with Crippen LogP contribution >= 0.6 is 0 Å². The van der Waals surface area contributed by atoms with Crippen LogP contribution in [0.25, 0.3) is 0 Å². The van der Waals surface area contributed by atoms with Crippen LogP contribution < -0.4 is 5.32 Å². The fourth-order valence-corrected chi connectivity index (χ4v) is 1.61. The van der Waals surface area contributed by atoms with E-state index < -0.39 is 0 Å². The Balaban J connectivity index is 2.08. The SMILES string of the molecule is CC1=CC(=O)NCN1Cc1ccccc1. The predicted molar refractivity (Wildman–Crippen MR) is 58.8 cm³/mol. The summed E-state index contributed by atoms with van der Waals surface area (Å²) in [5.41, 5.74) is 2.27. The van der Waals surface area contributed by atoms with Crippen molar-refractivity contribution in [2.45, 2.75) is 13.5 Å². The molecule has 1 aromatic rings. The second-order valence-corrected chi connectivity index (χ2v) is 3.67. The molecule has 0 saturated heterocycles. The van der Waals surface area contributed by atoms with E-state index in [4.69, 9.17) is 0 Å². The van der Waals surface area contributed by atoms with E-state index in [0.717, 1.165) is 12.2 Å². The zero-order valence-electron chi connectivity index (χ0n) is 8.73. The van der Waals surface area contributed by atoms with E-state index in [0.29, 0.717) is 6.67 Å². The molecule has 1 heterocycles. The van der Waals surface area contributed by atoms with Gasteiger partial charge >= 0.3 is 0 Å². The number of benzene rings is 1.